The second-order valence-electron chi connectivity index (χ2n) is 5.15. The van der Waals surface area contributed by atoms with Gasteiger partial charge in [0.1, 0.15) is 0 Å². The Morgan fingerprint density at radius 3 is 2.71 bits per heavy atom. The lowest BCUT2D eigenvalue weighted by molar-refractivity contribution is 0.912. The molecule has 1 N–H and O–H groups in total. The number of benzene rings is 2. The van der Waals surface area contributed by atoms with Gasteiger partial charge in [0.25, 0.3) is 0 Å². The van der Waals surface area contributed by atoms with Crippen molar-refractivity contribution in [2.24, 2.45) is 0 Å². The van der Waals surface area contributed by atoms with Gasteiger partial charge in [0, 0.05) is 11.6 Å². The lowest BCUT2D eigenvalue weighted by Crippen LogP contribution is -1.96. The summed E-state index contributed by atoms with van der Waals surface area (Å²) in [4.78, 5) is 9.23. The lowest BCUT2D eigenvalue weighted by Gasteiger charge is -2.03. The van der Waals surface area contributed by atoms with Crippen molar-refractivity contribution < 1.29 is 0 Å². The van der Waals surface area contributed by atoms with Crippen LogP contribution in [0.25, 0.3) is 21.9 Å². The Balaban J connectivity index is 1.65. The molecule has 4 aromatic rings. The summed E-state index contributed by atoms with van der Waals surface area (Å²) in [6.07, 6.45) is 5.55. The summed E-state index contributed by atoms with van der Waals surface area (Å²) < 4.78 is 0. The maximum Gasteiger partial charge on any atom is 0.0911 e. The molecule has 0 saturated heterocycles. The zero-order chi connectivity index (χ0) is 14.1. The first kappa shape index (κ1) is 12.0. The summed E-state index contributed by atoms with van der Waals surface area (Å²) >= 11 is 0. The van der Waals surface area contributed by atoms with Crippen LogP contribution < -0.4 is 0 Å². The minimum atomic E-state index is 0.897. The van der Waals surface area contributed by atoms with Crippen LogP contribution in [0.3, 0.4) is 0 Å². The molecule has 0 fully saturated rings. The largest absolute Gasteiger partial charge is 0.278 e. The fourth-order valence-electron chi connectivity index (χ4n) is 2.53. The average molecular weight is 274 g/mol. The molecule has 0 unspecified atom stereocenters. The molecule has 0 atom stereocenters. The highest BCUT2D eigenvalue weighted by molar-refractivity contribution is 5.92. The fraction of sp³-hybridized carbons (Fsp3) is 0.118. The highest BCUT2D eigenvalue weighted by atomic mass is 15.1. The molecule has 2 heterocycles. The maximum absolute atomic E-state index is 4.71. The van der Waals surface area contributed by atoms with Crippen molar-refractivity contribution in [2.45, 2.75) is 12.8 Å². The summed E-state index contributed by atoms with van der Waals surface area (Å²) in [5, 5.41) is 8.08. The summed E-state index contributed by atoms with van der Waals surface area (Å²) in [6, 6.07) is 14.5. The van der Waals surface area contributed by atoms with E-state index in [1.54, 1.807) is 6.20 Å². The predicted molar refractivity (Wildman–Crippen MR) is 83.0 cm³/mol. The number of nitrogens with zero attached hydrogens (tertiary/aromatic N) is 3. The Morgan fingerprint density at radius 2 is 1.81 bits per heavy atom. The molecule has 0 radical (unpaired) electrons. The van der Waals surface area contributed by atoms with Crippen molar-refractivity contribution in [1.82, 2.24) is 20.2 Å². The summed E-state index contributed by atoms with van der Waals surface area (Å²) in [5.41, 5.74) is 5.16. The Morgan fingerprint density at radius 1 is 0.905 bits per heavy atom. The van der Waals surface area contributed by atoms with Crippen molar-refractivity contribution in [3.8, 4) is 0 Å². The minimum Gasteiger partial charge on any atom is -0.278 e. The second-order valence-corrected chi connectivity index (χ2v) is 5.15. The Labute approximate surface area is 121 Å². The first-order chi connectivity index (χ1) is 10.4. The van der Waals surface area contributed by atoms with E-state index in [9.17, 15) is 0 Å². The van der Waals surface area contributed by atoms with Gasteiger partial charge in [-0.05, 0) is 30.5 Å². The van der Waals surface area contributed by atoms with Gasteiger partial charge in [0.15, 0.2) is 0 Å². The van der Waals surface area contributed by atoms with Gasteiger partial charge in [-0.25, -0.2) is 4.98 Å². The number of fused-ring (bicyclic) bond motifs is 2. The summed E-state index contributed by atoms with van der Waals surface area (Å²) in [5.74, 6) is 0. The number of hydrogen-bond acceptors (Lipinski definition) is 3. The van der Waals surface area contributed by atoms with Crippen LogP contribution in [-0.2, 0) is 12.8 Å². The molecule has 21 heavy (non-hydrogen) atoms. The first-order valence-electron chi connectivity index (χ1n) is 7.01. The molecule has 2 aromatic heterocycles. The number of aromatic nitrogens is 4. The van der Waals surface area contributed by atoms with Crippen molar-refractivity contribution in [3.63, 3.8) is 0 Å². The van der Waals surface area contributed by atoms with Crippen molar-refractivity contribution >= 4 is 21.9 Å². The van der Waals surface area contributed by atoms with E-state index in [-0.39, 0.29) is 0 Å². The van der Waals surface area contributed by atoms with Gasteiger partial charge in [-0.2, -0.15) is 5.10 Å². The molecule has 4 heteroatoms. The van der Waals surface area contributed by atoms with E-state index in [0.29, 0.717) is 0 Å². The van der Waals surface area contributed by atoms with Gasteiger partial charge >= 0.3 is 0 Å². The van der Waals surface area contributed by atoms with Crippen LogP contribution in [0, 0.1) is 0 Å². The van der Waals surface area contributed by atoms with E-state index < -0.39 is 0 Å². The number of H-pyrrole nitrogens is 1. The predicted octanol–water partition coefficient (Wildman–Crippen LogP) is 3.29. The number of nitrogens with one attached hydrogen (secondary N) is 1. The van der Waals surface area contributed by atoms with Gasteiger partial charge in [-0.15, -0.1) is 0 Å². The summed E-state index contributed by atoms with van der Waals surface area (Å²) in [7, 11) is 0. The number of aromatic amines is 1. The van der Waals surface area contributed by atoms with Gasteiger partial charge in [0.2, 0.25) is 0 Å². The molecule has 0 spiro atoms. The third-order valence-electron chi connectivity index (χ3n) is 3.66. The van der Waals surface area contributed by atoms with Crippen molar-refractivity contribution in [1.29, 1.82) is 0 Å². The van der Waals surface area contributed by atoms with E-state index in [1.807, 2.05) is 24.4 Å². The van der Waals surface area contributed by atoms with E-state index >= 15 is 0 Å². The van der Waals surface area contributed by atoms with Crippen LogP contribution >= 0.6 is 0 Å². The standard InChI is InChI=1S/C17H14N4/c1-2-4-12(5-3-1)6-7-14-11-18-16-8-13-10-19-21-15(13)9-17(16)20-14/h1-5,8-11H,6-7H2,(H,19,21). The van der Waals surface area contributed by atoms with Crippen LogP contribution in [0.15, 0.2) is 54.9 Å². The molecular weight excluding hydrogens is 260 g/mol. The third-order valence-corrected chi connectivity index (χ3v) is 3.66. The van der Waals surface area contributed by atoms with Gasteiger partial charge < -0.3 is 0 Å². The number of hydrogen-bond donors (Lipinski definition) is 1. The lowest BCUT2D eigenvalue weighted by atomic mass is 10.1. The highest BCUT2D eigenvalue weighted by Crippen LogP contribution is 2.18. The molecule has 4 rings (SSSR count). The first-order valence-corrected chi connectivity index (χ1v) is 7.01. The quantitative estimate of drug-likeness (QED) is 0.623. The second kappa shape index (κ2) is 4.98. The molecule has 0 aliphatic rings. The number of aryl methyl sites for hydroxylation is 2. The molecule has 2 aromatic carbocycles. The van der Waals surface area contributed by atoms with Gasteiger partial charge in [-0.1, -0.05) is 30.3 Å². The zero-order valence-corrected chi connectivity index (χ0v) is 11.5. The highest BCUT2D eigenvalue weighted by Gasteiger charge is 2.04. The van der Waals surface area contributed by atoms with E-state index in [4.69, 9.17) is 4.98 Å². The van der Waals surface area contributed by atoms with Crippen LogP contribution in [0.4, 0.5) is 0 Å². The molecule has 0 bridgehead atoms. The minimum absolute atomic E-state index is 0.897. The molecule has 0 amide bonds. The fourth-order valence-corrected chi connectivity index (χ4v) is 2.53. The van der Waals surface area contributed by atoms with Crippen LogP contribution in [0.5, 0.6) is 0 Å². The van der Waals surface area contributed by atoms with Gasteiger partial charge in [0.05, 0.1) is 28.4 Å². The third kappa shape index (κ3) is 2.36. The molecule has 102 valence electrons. The normalized spacial score (nSPS) is 11.2. The molecule has 4 nitrogen and oxygen atoms in total. The smallest absolute Gasteiger partial charge is 0.0911 e. The van der Waals surface area contributed by atoms with Crippen molar-refractivity contribution in [3.05, 3.63) is 66.1 Å². The topological polar surface area (TPSA) is 54.5 Å². The van der Waals surface area contributed by atoms with Crippen LogP contribution in [0.1, 0.15) is 11.3 Å². The SMILES string of the molecule is c1ccc(CCc2cnc3cc4cn[nH]c4cc3n2)cc1. The monoisotopic (exact) mass is 274 g/mol. The number of rotatable bonds is 3. The molecule has 0 saturated carbocycles. The van der Waals surface area contributed by atoms with Crippen LogP contribution in [-0.4, -0.2) is 20.2 Å². The van der Waals surface area contributed by atoms with E-state index in [0.717, 1.165) is 40.5 Å². The average Bonchev–Trinajstić information content (AvgIpc) is 2.98. The van der Waals surface area contributed by atoms with Gasteiger partial charge in [-0.3, -0.25) is 10.1 Å². The Kier molecular flexibility index (Phi) is 2.85. The maximum atomic E-state index is 4.71. The van der Waals surface area contributed by atoms with Crippen LogP contribution in [0.2, 0.25) is 0 Å². The Hall–Kier alpha value is -2.75. The van der Waals surface area contributed by atoms with Crippen molar-refractivity contribution in [2.75, 3.05) is 0 Å². The van der Waals surface area contributed by atoms with E-state index in [1.165, 1.54) is 5.56 Å². The molecule has 0 aliphatic carbocycles. The zero-order valence-electron chi connectivity index (χ0n) is 11.5. The van der Waals surface area contributed by atoms with E-state index in [2.05, 4.69) is 39.4 Å². The Bertz CT molecular complexity index is 896. The molecule has 0 aliphatic heterocycles. The summed E-state index contributed by atoms with van der Waals surface area (Å²) in [6.45, 7) is 0. The molecular formula is C17H14N4.